The minimum Gasteiger partial charge on any atom is -0.331 e. The van der Waals surface area contributed by atoms with Crippen LogP contribution in [0.1, 0.15) is 31.0 Å². The van der Waals surface area contributed by atoms with E-state index >= 15 is 0 Å². The molecule has 2 aromatic rings. The molecule has 3 heterocycles. The van der Waals surface area contributed by atoms with Gasteiger partial charge in [0.25, 0.3) is 0 Å². The number of nitrogens with zero attached hydrogens (tertiary/aromatic N) is 2. The van der Waals surface area contributed by atoms with Crippen molar-refractivity contribution in [1.29, 1.82) is 0 Å². The maximum atomic E-state index is 6.07. The topological polar surface area (TPSA) is 29.9 Å². The molecule has 0 spiro atoms. The number of rotatable bonds is 1. The Morgan fingerprint density at radius 2 is 2.28 bits per heavy atom. The Labute approximate surface area is 111 Å². The summed E-state index contributed by atoms with van der Waals surface area (Å²) in [6.45, 7) is 0. The molecule has 4 rings (SSSR count). The van der Waals surface area contributed by atoms with Gasteiger partial charge in [-0.05, 0) is 37.5 Å². The standard InChI is InChI=1S/C14H16ClN3/c1-18-13-6-8(15)2-4-12(13)17-14(18)10-7-9-3-5-11(10)16-9/h2,4,6,9-11,16H,3,5,7H2,1H3. The second kappa shape index (κ2) is 3.72. The molecule has 2 saturated heterocycles. The fourth-order valence-corrected chi connectivity index (χ4v) is 3.79. The highest BCUT2D eigenvalue weighted by Gasteiger charge is 2.41. The summed E-state index contributed by atoms with van der Waals surface area (Å²) in [7, 11) is 2.10. The van der Waals surface area contributed by atoms with Crippen molar-refractivity contribution in [3.05, 3.63) is 29.0 Å². The van der Waals surface area contributed by atoms with Gasteiger partial charge in [-0.2, -0.15) is 0 Å². The highest BCUT2D eigenvalue weighted by Crippen LogP contribution is 2.40. The molecule has 4 heteroatoms. The van der Waals surface area contributed by atoms with Crippen LogP contribution in [0.3, 0.4) is 0 Å². The van der Waals surface area contributed by atoms with Gasteiger partial charge in [-0.1, -0.05) is 11.6 Å². The molecule has 94 valence electrons. The molecule has 2 bridgehead atoms. The van der Waals surface area contributed by atoms with Gasteiger partial charge < -0.3 is 9.88 Å². The molecule has 0 saturated carbocycles. The first-order valence-electron chi connectivity index (χ1n) is 6.60. The maximum absolute atomic E-state index is 6.07. The maximum Gasteiger partial charge on any atom is 0.114 e. The first-order valence-corrected chi connectivity index (χ1v) is 6.98. The van der Waals surface area contributed by atoms with Crippen LogP contribution < -0.4 is 5.32 Å². The van der Waals surface area contributed by atoms with E-state index in [1.54, 1.807) is 0 Å². The van der Waals surface area contributed by atoms with Crippen LogP contribution in [0.2, 0.25) is 5.02 Å². The molecule has 0 amide bonds. The van der Waals surface area contributed by atoms with E-state index in [4.69, 9.17) is 16.6 Å². The van der Waals surface area contributed by atoms with E-state index in [-0.39, 0.29) is 0 Å². The Hall–Kier alpha value is -1.06. The van der Waals surface area contributed by atoms with Gasteiger partial charge in [0.2, 0.25) is 0 Å². The van der Waals surface area contributed by atoms with E-state index < -0.39 is 0 Å². The Morgan fingerprint density at radius 1 is 1.39 bits per heavy atom. The highest BCUT2D eigenvalue weighted by molar-refractivity contribution is 6.31. The molecule has 2 aliphatic heterocycles. The zero-order chi connectivity index (χ0) is 12.3. The summed E-state index contributed by atoms with van der Waals surface area (Å²) >= 11 is 6.07. The summed E-state index contributed by atoms with van der Waals surface area (Å²) in [4.78, 5) is 4.82. The van der Waals surface area contributed by atoms with Gasteiger partial charge >= 0.3 is 0 Å². The van der Waals surface area contributed by atoms with Crippen LogP contribution in [0.4, 0.5) is 0 Å². The van der Waals surface area contributed by atoms with E-state index in [9.17, 15) is 0 Å². The lowest BCUT2D eigenvalue weighted by molar-refractivity contribution is 0.478. The average Bonchev–Trinajstić information content (AvgIpc) is 3.04. The van der Waals surface area contributed by atoms with E-state index in [0.29, 0.717) is 18.0 Å². The predicted molar refractivity (Wildman–Crippen MR) is 73.0 cm³/mol. The first-order chi connectivity index (χ1) is 8.72. The molecule has 3 atom stereocenters. The van der Waals surface area contributed by atoms with E-state index in [0.717, 1.165) is 16.1 Å². The average molecular weight is 262 g/mol. The molecule has 0 radical (unpaired) electrons. The third-order valence-electron chi connectivity index (χ3n) is 4.51. The number of hydrogen-bond donors (Lipinski definition) is 1. The number of hydrogen-bond acceptors (Lipinski definition) is 2. The molecule has 1 N–H and O–H groups in total. The van der Waals surface area contributed by atoms with E-state index in [1.807, 2.05) is 18.2 Å². The van der Waals surface area contributed by atoms with Crippen LogP contribution in [-0.2, 0) is 7.05 Å². The summed E-state index contributed by atoms with van der Waals surface area (Å²) in [6.07, 6.45) is 3.85. The molecule has 2 aliphatic rings. The van der Waals surface area contributed by atoms with Crippen LogP contribution in [0.25, 0.3) is 11.0 Å². The van der Waals surface area contributed by atoms with Crippen molar-refractivity contribution in [3.8, 4) is 0 Å². The summed E-state index contributed by atoms with van der Waals surface area (Å²) < 4.78 is 2.22. The molecule has 1 aromatic heterocycles. The van der Waals surface area contributed by atoms with Gasteiger partial charge in [-0.3, -0.25) is 0 Å². The van der Waals surface area contributed by atoms with E-state index in [1.165, 1.54) is 25.1 Å². The number of fused-ring (bicyclic) bond motifs is 3. The van der Waals surface area contributed by atoms with Crippen molar-refractivity contribution >= 4 is 22.6 Å². The van der Waals surface area contributed by atoms with Crippen LogP contribution in [0, 0.1) is 0 Å². The highest BCUT2D eigenvalue weighted by atomic mass is 35.5. The molecule has 1 aromatic carbocycles. The molecule has 3 unspecified atom stereocenters. The Morgan fingerprint density at radius 3 is 3.00 bits per heavy atom. The zero-order valence-corrected chi connectivity index (χ0v) is 11.1. The quantitative estimate of drug-likeness (QED) is 0.856. The van der Waals surface area contributed by atoms with Crippen molar-refractivity contribution in [1.82, 2.24) is 14.9 Å². The first kappa shape index (κ1) is 10.8. The minimum absolute atomic E-state index is 0.569. The minimum atomic E-state index is 0.569. The van der Waals surface area contributed by atoms with Crippen LogP contribution in [0.5, 0.6) is 0 Å². The lowest BCUT2D eigenvalue weighted by Gasteiger charge is -2.19. The second-order valence-electron chi connectivity index (χ2n) is 5.55. The normalized spacial score (nSPS) is 30.4. The Balaban J connectivity index is 1.83. The largest absolute Gasteiger partial charge is 0.331 e. The van der Waals surface area contributed by atoms with Crippen molar-refractivity contribution in [2.45, 2.75) is 37.3 Å². The number of aromatic nitrogens is 2. The summed E-state index contributed by atoms with van der Waals surface area (Å²) in [5.74, 6) is 1.78. The number of imidazole rings is 1. The van der Waals surface area contributed by atoms with Crippen LogP contribution >= 0.6 is 11.6 Å². The fourth-order valence-electron chi connectivity index (χ4n) is 3.62. The molecule has 3 nitrogen and oxygen atoms in total. The Bertz CT molecular complexity index is 619. The number of halogens is 1. The van der Waals surface area contributed by atoms with Crippen LogP contribution in [-0.4, -0.2) is 21.6 Å². The number of benzene rings is 1. The lowest BCUT2D eigenvalue weighted by Crippen LogP contribution is -2.23. The lowest BCUT2D eigenvalue weighted by atomic mass is 9.88. The van der Waals surface area contributed by atoms with Crippen LogP contribution in [0.15, 0.2) is 18.2 Å². The van der Waals surface area contributed by atoms with E-state index in [2.05, 4.69) is 16.9 Å². The number of nitrogens with one attached hydrogen (secondary N) is 1. The summed E-state index contributed by atoms with van der Waals surface area (Å²) in [5.41, 5.74) is 2.19. The molecular formula is C14H16ClN3. The second-order valence-corrected chi connectivity index (χ2v) is 5.99. The van der Waals surface area contributed by atoms with Crippen molar-refractivity contribution < 1.29 is 0 Å². The zero-order valence-electron chi connectivity index (χ0n) is 10.4. The smallest absolute Gasteiger partial charge is 0.114 e. The SMILES string of the molecule is Cn1c(C2CC3CCC2N3)nc2ccc(Cl)cc21. The predicted octanol–water partition coefficient (Wildman–Crippen LogP) is 2.83. The Kier molecular flexibility index (Phi) is 2.24. The molecule has 18 heavy (non-hydrogen) atoms. The number of aryl methyl sites for hydroxylation is 1. The van der Waals surface area contributed by atoms with Gasteiger partial charge in [0, 0.05) is 30.1 Å². The third-order valence-corrected chi connectivity index (χ3v) is 4.74. The van der Waals surface area contributed by atoms with Crippen molar-refractivity contribution in [2.24, 2.45) is 7.05 Å². The molecule has 0 aliphatic carbocycles. The molecule has 2 fully saturated rings. The van der Waals surface area contributed by atoms with Gasteiger partial charge in [-0.15, -0.1) is 0 Å². The summed E-state index contributed by atoms with van der Waals surface area (Å²) in [6, 6.07) is 7.28. The van der Waals surface area contributed by atoms with Gasteiger partial charge in [-0.25, -0.2) is 4.98 Å². The van der Waals surface area contributed by atoms with Gasteiger partial charge in [0.05, 0.1) is 11.0 Å². The fraction of sp³-hybridized carbons (Fsp3) is 0.500. The van der Waals surface area contributed by atoms with Crippen molar-refractivity contribution in [2.75, 3.05) is 0 Å². The molecular weight excluding hydrogens is 246 g/mol. The van der Waals surface area contributed by atoms with Crippen molar-refractivity contribution in [3.63, 3.8) is 0 Å². The van der Waals surface area contributed by atoms with Gasteiger partial charge in [0.15, 0.2) is 0 Å². The monoisotopic (exact) mass is 261 g/mol. The third kappa shape index (κ3) is 1.44. The summed E-state index contributed by atoms with van der Waals surface area (Å²) in [5, 5.41) is 4.46. The van der Waals surface area contributed by atoms with Gasteiger partial charge in [0.1, 0.15) is 5.82 Å².